The van der Waals surface area contributed by atoms with Gasteiger partial charge in [0.15, 0.2) is 0 Å². The van der Waals surface area contributed by atoms with Gasteiger partial charge in [-0.3, -0.25) is 9.59 Å². The maximum Gasteiger partial charge on any atom is 0.251 e. The van der Waals surface area contributed by atoms with Crippen LogP contribution in [0.5, 0.6) is 0 Å². The monoisotopic (exact) mass is 352 g/mol. The fourth-order valence-electron chi connectivity index (χ4n) is 2.90. The average molecular weight is 352 g/mol. The topological polar surface area (TPSA) is 62.0 Å². The largest absolute Gasteiger partial charge is 0.352 e. The molecule has 134 valence electrons. The first kappa shape index (κ1) is 17.9. The van der Waals surface area contributed by atoms with Gasteiger partial charge in [0.25, 0.3) is 5.56 Å². The molecule has 0 aliphatic rings. The van der Waals surface area contributed by atoms with Gasteiger partial charge in [-0.2, -0.15) is 0 Å². The number of aryl methyl sites for hydroxylation is 3. The molecular formula is C21H21FN2O2. The second-order valence-corrected chi connectivity index (χ2v) is 6.50. The summed E-state index contributed by atoms with van der Waals surface area (Å²) in [6, 6.07) is 11.8. The number of nitrogens with one attached hydrogen (secondary N) is 2. The molecule has 0 spiro atoms. The van der Waals surface area contributed by atoms with E-state index in [-0.39, 0.29) is 23.7 Å². The van der Waals surface area contributed by atoms with Crippen LogP contribution in [0.4, 0.5) is 4.39 Å². The first-order valence-corrected chi connectivity index (χ1v) is 8.57. The molecule has 0 saturated carbocycles. The number of benzene rings is 2. The number of pyridine rings is 1. The average Bonchev–Trinajstić information content (AvgIpc) is 2.63. The van der Waals surface area contributed by atoms with Gasteiger partial charge in [0, 0.05) is 18.5 Å². The van der Waals surface area contributed by atoms with Gasteiger partial charge in [0.1, 0.15) is 5.82 Å². The van der Waals surface area contributed by atoms with Gasteiger partial charge in [-0.15, -0.1) is 0 Å². The fourth-order valence-corrected chi connectivity index (χ4v) is 2.90. The number of carbonyl (C=O) groups is 1. The molecule has 0 bridgehead atoms. The van der Waals surface area contributed by atoms with Gasteiger partial charge in [0.2, 0.25) is 5.91 Å². The fraction of sp³-hybridized carbons (Fsp3) is 0.238. The molecule has 1 aromatic heterocycles. The first-order chi connectivity index (χ1) is 12.4. The summed E-state index contributed by atoms with van der Waals surface area (Å²) in [5, 5.41) is 3.76. The van der Waals surface area contributed by atoms with Crippen molar-refractivity contribution in [3.05, 3.63) is 80.9 Å². The Kier molecular flexibility index (Phi) is 5.16. The predicted octanol–water partition coefficient (Wildman–Crippen LogP) is 3.53. The van der Waals surface area contributed by atoms with Gasteiger partial charge in [-0.25, -0.2) is 4.39 Å². The van der Waals surface area contributed by atoms with Crippen molar-refractivity contribution in [3.63, 3.8) is 0 Å². The van der Waals surface area contributed by atoms with Gasteiger partial charge in [-0.1, -0.05) is 24.3 Å². The zero-order chi connectivity index (χ0) is 18.7. The third-order valence-electron chi connectivity index (χ3n) is 4.65. The molecule has 26 heavy (non-hydrogen) atoms. The molecule has 0 atom stereocenters. The van der Waals surface area contributed by atoms with E-state index in [9.17, 15) is 14.0 Å². The number of hydrogen-bond donors (Lipinski definition) is 2. The summed E-state index contributed by atoms with van der Waals surface area (Å²) in [5.74, 6) is -0.449. The molecule has 0 saturated heterocycles. The van der Waals surface area contributed by atoms with Crippen LogP contribution in [0.2, 0.25) is 0 Å². The highest BCUT2D eigenvalue weighted by Gasteiger charge is 2.09. The third-order valence-corrected chi connectivity index (χ3v) is 4.65. The van der Waals surface area contributed by atoms with E-state index >= 15 is 0 Å². The summed E-state index contributed by atoms with van der Waals surface area (Å²) in [6.07, 6.45) is 0.591. The van der Waals surface area contributed by atoms with Crippen LogP contribution in [0.3, 0.4) is 0 Å². The lowest BCUT2D eigenvalue weighted by Gasteiger charge is -2.08. The molecule has 2 aromatic carbocycles. The maximum absolute atomic E-state index is 12.9. The summed E-state index contributed by atoms with van der Waals surface area (Å²) >= 11 is 0. The van der Waals surface area contributed by atoms with Crippen LogP contribution in [-0.4, -0.2) is 10.9 Å². The lowest BCUT2D eigenvalue weighted by molar-refractivity contribution is -0.121. The zero-order valence-electron chi connectivity index (χ0n) is 14.9. The van der Waals surface area contributed by atoms with Crippen molar-refractivity contribution in [2.45, 2.75) is 33.2 Å². The Morgan fingerprint density at radius 1 is 1.12 bits per heavy atom. The maximum atomic E-state index is 12.9. The van der Waals surface area contributed by atoms with Crippen molar-refractivity contribution in [1.29, 1.82) is 0 Å². The molecule has 1 heterocycles. The van der Waals surface area contributed by atoms with E-state index in [1.165, 1.54) is 12.1 Å². The van der Waals surface area contributed by atoms with E-state index in [1.807, 2.05) is 32.0 Å². The quantitative estimate of drug-likeness (QED) is 0.738. The van der Waals surface area contributed by atoms with Gasteiger partial charge in [0.05, 0.1) is 5.52 Å². The van der Waals surface area contributed by atoms with Crippen molar-refractivity contribution >= 4 is 16.8 Å². The zero-order valence-corrected chi connectivity index (χ0v) is 14.9. The van der Waals surface area contributed by atoms with Crippen molar-refractivity contribution in [3.8, 4) is 0 Å². The molecule has 2 N–H and O–H groups in total. The first-order valence-electron chi connectivity index (χ1n) is 8.57. The number of aromatic amines is 1. The van der Waals surface area contributed by atoms with E-state index in [1.54, 1.807) is 12.1 Å². The van der Waals surface area contributed by atoms with Crippen molar-refractivity contribution in [2.75, 3.05) is 0 Å². The number of aromatic nitrogens is 1. The van der Waals surface area contributed by atoms with E-state index < -0.39 is 0 Å². The molecule has 0 aliphatic heterocycles. The summed E-state index contributed by atoms with van der Waals surface area (Å²) < 4.78 is 12.9. The van der Waals surface area contributed by atoms with E-state index in [0.717, 1.165) is 27.6 Å². The van der Waals surface area contributed by atoms with Crippen molar-refractivity contribution in [1.82, 2.24) is 10.3 Å². The lowest BCUT2D eigenvalue weighted by Crippen LogP contribution is -2.24. The van der Waals surface area contributed by atoms with Crippen molar-refractivity contribution < 1.29 is 9.18 Å². The molecule has 3 aromatic rings. The van der Waals surface area contributed by atoms with Crippen LogP contribution >= 0.6 is 0 Å². The Hall–Kier alpha value is -2.95. The number of fused-ring (bicyclic) bond motifs is 1. The van der Waals surface area contributed by atoms with E-state index in [4.69, 9.17) is 0 Å². The third kappa shape index (κ3) is 3.99. The Balaban J connectivity index is 1.64. The van der Waals surface area contributed by atoms with E-state index in [0.29, 0.717) is 18.5 Å². The minimum Gasteiger partial charge on any atom is -0.352 e. The Morgan fingerprint density at radius 3 is 2.58 bits per heavy atom. The molecule has 4 nitrogen and oxygen atoms in total. The highest BCUT2D eigenvalue weighted by atomic mass is 19.1. The van der Waals surface area contributed by atoms with E-state index in [2.05, 4.69) is 10.3 Å². The van der Waals surface area contributed by atoms with Crippen LogP contribution in [-0.2, 0) is 17.8 Å². The van der Waals surface area contributed by atoms with Gasteiger partial charge >= 0.3 is 0 Å². The molecular weight excluding hydrogens is 331 g/mol. The van der Waals surface area contributed by atoms with Crippen LogP contribution in [0.15, 0.2) is 47.3 Å². The Morgan fingerprint density at radius 2 is 1.85 bits per heavy atom. The SMILES string of the molecule is Cc1ccc2cc(CCC(=O)NCc3ccc(F)cc3)c(=O)[nH]c2c1C. The number of amides is 1. The number of carbonyl (C=O) groups excluding carboxylic acids is 1. The summed E-state index contributed by atoms with van der Waals surface area (Å²) in [6.45, 7) is 4.33. The van der Waals surface area contributed by atoms with Crippen LogP contribution in [0.1, 0.15) is 28.7 Å². The minimum absolute atomic E-state index is 0.145. The summed E-state index contributed by atoms with van der Waals surface area (Å²) in [4.78, 5) is 27.3. The molecule has 1 amide bonds. The molecule has 3 rings (SSSR count). The standard InChI is InChI=1S/C21H21FN2O2/c1-13-3-6-16-11-17(21(26)24-20(16)14(13)2)7-10-19(25)23-12-15-4-8-18(22)9-5-15/h3-6,8-9,11H,7,10,12H2,1-2H3,(H,23,25)(H,24,26). The molecule has 0 radical (unpaired) electrons. The molecule has 0 aliphatic carbocycles. The normalized spacial score (nSPS) is 10.9. The molecule has 0 fully saturated rings. The second-order valence-electron chi connectivity index (χ2n) is 6.50. The van der Waals surface area contributed by atoms with Crippen LogP contribution in [0.25, 0.3) is 10.9 Å². The number of halogens is 1. The number of rotatable bonds is 5. The van der Waals surface area contributed by atoms with Crippen LogP contribution < -0.4 is 10.9 Å². The smallest absolute Gasteiger partial charge is 0.251 e. The molecule has 5 heteroatoms. The Bertz CT molecular complexity index is 1010. The van der Waals surface area contributed by atoms with Gasteiger partial charge < -0.3 is 10.3 Å². The summed E-state index contributed by atoms with van der Waals surface area (Å²) in [7, 11) is 0. The predicted molar refractivity (Wildman–Crippen MR) is 101 cm³/mol. The highest BCUT2D eigenvalue weighted by Crippen LogP contribution is 2.19. The van der Waals surface area contributed by atoms with Crippen LogP contribution in [0, 0.1) is 19.7 Å². The Labute approximate surface area is 151 Å². The minimum atomic E-state index is -0.305. The second kappa shape index (κ2) is 7.52. The number of hydrogen-bond acceptors (Lipinski definition) is 2. The molecule has 0 unspecified atom stereocenters. The summed E-state index contributed by atoms with van der Waals surface area (Å²) in [5.41, 5.74) is 4.30. The van der Waals surface area contributed by atoms with Gasteiger partial charge in [-0.05, 0) is 60.5 Å². The lowest BCUT2D eigenvalue weighted by atomic mass is 10.0. The van der Waals surface area contributed by atoms with Crippen molar-refractivity contribution in [2.24, 2.45) is 0 Å². The number of H-pyrrole nitrogens is 1. The highest BCUT2D eigenvalue weighted by molar-refractivity contribution is 5.83.